The smallest absolute Gasteiger partial charge is 0.330 e. The molecule has 0 saturated heterocycles. The molecule has 3 aromatic rings. The van der Waals surface area contributed by atoms with E-state index in [2.05, 4.69) is 10.4 Å². The average Bonchev–Trinajstić information content (AvgIpc) is 2.85. The summed E-state index contributed by atoms with van der Waals surface area (Å²) in [6, 6.07) is 12.0. The van der Waals surface area contributed by atoms with Gasteiger partial charge in [-0.2, -0.15) is 5.10 Å². The fraction of sp³-hybridized carbons (Fsp3) is 0.250. The molecule has 134 valence electrons. The van der Waals surface area contributed by atoms with E-state index in [0.29, 0.717) is 5.56 Å². The standard InChI is InChI=1S/C20H21N3O3/c1-12-17(13(2)23(3)22-12)11-18(24)21-19(20(25)26)16-9-8-14-6-4-5-7-15(14)10-16/h4-10,19H,11H2,1-3H3,(H,21,24)(H,25,26). The van der Waals surface area contributed by atoms with Crippen LogP contribution in [0.2, 0.25) is 0 Å². The second kappa shape index (κ2) is 7.00. The van der Waals surface area contributed by atoms with Gasteiger partial charge in [0.15, 0.2) is 6.04 Å². The third-order valence-electron chi connectivity index (χ3n) is 4.66. The first-order valence-corrected chi connectivity index (χ1v) is 8.36. The van der Waals surface area contributed by atoms with E-state index in [1.807, 2.05) is 51.2 Å². The number of hydrogen-bond acceptors (Lipinski definition) is 3. The molecule has 1 amide bonds. The first-order valence-electron chi connectivity index (χ1n) is 8.36. The largest absolute Gasteiger partial charge is 0.479 e. The molecule has 0 fully saturated rings. The Hall–Kier alpha value is -3.15. The number of nitrogens with zero attached hydrogens (tertiary/aromatic N) is 2. The van der Waals surface area contributed by atoms with Gasteiger partial charge < -0.3 is 10.4 Å². The van der Waals surface area contributed by atoms with Gasteiger partial charge in [-0.3, -0.25) is 9.48 Å². The van der Waals surface area contributed by atoms with Crippen molar-refractivity contribution in [3.8, 4) is 0 Å². The topological polar surface area (TPSA) is 84.2 Å². The van der Waals surface area contributed by atoms with Crippen molar-refractivity contribution < 1.29 is 14.7 Å². The number of hydrogen-bond donors (Lipinski definition) is 2. The SMILES string of the molecule is Cc1nn(C)c(C)c1CC(=O)NC(C(=O)O)c1ccc2ccccc2c1. The van der Waals surface area contributed by atoms with Crippen molar-refractivity contribution in [2.75, 3.05) is 0 Å². The van der Waals surface area contributed by atoms with Crippen molar-refractivity contribution >= 4 is 22.6 Å². The van der Waals surface area contributed by atoms with Gasteiger partial charge in [-0.15, -0.1) is 0 Å². The lowest BCUT2D eigenvalue weighted by atomic mass is 10.0. The van der Waals surface area contributed by atoms with Crippen LogP contribution in [0, 0.1) is 13.8 Å². The molecule has 6 nitrogen and oxygen atoms in total. The monoisotopic (exact) mass is 351 g/mol. The third-order valence-corrected chi connectivity index (χ3v) is 4.66. The summed E-state index contributed by atoms with van der Waals surface area (Å²) in [5.41, 5.74) is 3.05. The van der Waals surface area contributed by atoms with Crippen LogP contribution in [0.4, 0.5) is 0 Å². The number of amides is 1. The zero-order chi connectivity index (χ0) is 18.8. The number of nitrogens with one attached hydrogen (secondary N) is 1. The van der Waals surface area contributed by atoms with Crippen LogP contribution in [0.25, 0.3) is 10.8 Å². The number of aromatic nitrogens is 2. The molecule has 26 heavy (non-hydrogen) atoms. The molecule has 0 aliphatic carbocycles. The summed E-state index contributed by atoms with van der Waals surface area (Å²) in [5.74, 6) is -1.43. The Morgan fingerprint density at radius 1 is 1.15 bits per heavy atom. The zero-order valence-corrected chi connectivity index (χ0v) is 15.0. The Labute approximate surface area is 151 Å². The first kappa shape index (κ1) is 17.7. The van der Waals surface area contributed by atoms with Crippen LogP contribution in [-0.2, 0) is 23.1 Å². The number of carbonyl (C=O) groups is 2. The second-order valence-corrected chi connectivity index (χ2v) is 6.40. The van der Waals surface area contributed by atoms with Gasteiger partial charge in [0, 0.05) is 18.3 Å². The molecule has 0 spiro atoms. The lowest BCUT2D eigenvalue weighted by molar-refractivity contribution is -0.141. The van der Waals surface area contributed by atoms with Crippen LogP contribution >= 0.6 is 0 Å². The minimum Gasteiger partial charge on any atom is -0.479 e. The van der Waals surface area contributed by atoms with Gasteiger partial charge in [-0.25, -0.2) is 4.79 Å². The van der Waals surface area contributed by atoms with E-state index in [1.54, 1.807) is 16.8 Å². The number of carboxylic acid groups (broad SMARTS) is 1. The number of aryl methyl sites for hydroxylation is 2. The van der Waals surface area contributed by atoms with Gasteiger partial charge in [0.25, 0.3) is 0 Å². The highest BCUT2D eigenvalue weighted by atomic mass is 16.4. The molecule has 0 aliphatic rings. The molecule has 2 aromatic carbocycles. The summed E-state index contributed by atoms with van der Waals surface area (Å²) < 4.78 is 1.72. The fourth-order valence-corrected chi connectivity index (χ4v) is 3.12. The molecular weight excluding hydrogens is 330 g/mol. The highest BCUT2D eigenvalue weighted by Crippen LogP contribution is 2.21. The number of rotatable bonds is 5. The molecule has 1 heterocycles. The van der Waals surface area contributed by atoms with Crippen molar-refractivity contribution in [3.05, 3.63) is 65.0 Å². The quantitative estimate of drug-likeness (QED) is 0.740. The lowest BCUT2D eigenvalue weighted by Crippen LogP contribution is -2.34. The third kappa shape index (κ3) is 3.44. The van der Waals surface area contributed by atoms with Crippen LogP contribution in [-0.4, -0.2) is 26.8 Å². The zero-order valence-electron chi connectivity index (χ0n) is 15.0. The van der Waals surface area contributed by atoms with Gasteiger partial charge in [-0.05, 0) is 36.2 Å². The Morgan fingerprint density at radius 2 is 1.85 bits per heavy atom. The maximum absolute atomic E-state index is 12.5. The van der Waals surface area contributed by atoms with Crippen LogP contribution in [0.1, 0.15) is 28.6 Å². The van der Waals surface area contributed by atoms with E-state index in [4.69, 9.17) is 0 Å². The molecule has 0 aliphatic heterocycles. The minimum atomic E-state index is -1.09. The summed E-state index contributed by atoms with van der Waals surface area (Å²) in [5, 5.41) is 18.5. The van der Waals surface area contributed by atoms with Gasteiger partial charge in [-0.1, -0.05) is 36.4 Å². The van der Waals surface area contributed by atoms with E-state index < -0.39 is 12.0 Å². The van der Waals surface area contributed by atoms with Crippen LogP contribution < -0.4 is 5.32 Å². The molecule has 0 radical (unpaired) electrons. The first-order chi connectivity index (χ1) is 12.4. The van der Waals surface area contributed by atoms with Crippen LogP contribution in [0.5, 0.6) is 0 Å². The Bertz CT molecular complexity index is 991. The molecular formula is C20H21N3O3. The van der Waals surface area contributed by atoms with Crippen molar-refractivity contribution in [2.24, 2.45) is 7.05 Å². The minimum absolute atomic E-state index is 0.100. The summed E-state index contributed by atoms with van der Waals surface area (Å²) >= 11 is 0. The van der Waals surface area contributed by atoms with E-state index in [9.17, 15) is 14.7 Å². The fourth-order valence-electron chi connectivity index (χ4n) is 3.12. The predicted octanol–water partition coefficient (Wildman–Crippen LogP) is 2.67. The highest BCUT2D eigenvalue weighted by molar-refractivity contribution is 5.88. The van der Waals surface area contributed by atoms with Gasteiger partial charge in [0.2, 0.25) is 5.91 Å². The maximum Gasteiger partial charge on any atom is 0.330 e. The van der Waals surface area contributed by atoms with Gasteiger partial charge in [0.1, 0.15) is 0 Å². The van der Waals surface area contributed by atoms with Gasteiger partial charge >= 0.3 is 5.97 Å². The molecule has 1 aromatic heterocycles. The highest BCUT2D eigenvalue weighted by Gasteiger charge is 2.23. The maximum atomic E-state index is 12.5. The van der Waals surface area contributed by atoms with E-state index in [-0.39, 0.29) is 12.3 Å². The number of benzene rings is 2. The summed E-state index contributed by atoms with van der Waals surface area (Å²) in [7, 11) is 1.82. The Morgan fingerprint density at radius 3 is 2.46 bits per heavy atom. The van der Waals surface area contributed by atoms with Gasteiger partial charge in [0.05, 0.1) is 12.1 Å². The Balaban J connectivity index is 1.83. The predicted molar refractivity (Wildman–Crippen MR) is 98.9 cm³/mol. The number of aliphatic carboxylic acids is 1. The molecule has 3 rings (SSSR count). The molecule has 0 saturated carbocycles. The number of carbonyl (C=O) groups excluding carboxylic acids is 1. The second-order valence-electron chi connectivity index (χ2n) is 6.40. The molecule has 1 unspecified atom stereocenters. The molecule has 0 bridgehead atoms. The normalized spacial score (nSPS) is 12.1. The summed E-state index contributed by atoms with van der Waals surface area (Å²) in [6.45, 7) is 3.73. The summed E-state index contributed by atoms with van der Waals surface area (Å²) in [4.78, 5) is 24.2. The molecule has 2 N–H and O–H groups in total. The van der Waals surface area contributed by atoms with Crippen molar-refractivity contribution in [3.63, 3.8) is 0 Å². The summed E-state index contributed by atoms with van der Waals surface area (Å²) in [6.07, 6.45) is 0.100. The van der Waals surface area contributed by atoms with E-state index in [1.165, 1.54) is 0 Å². The average molecular weight is 351 g/mol. The molecule has 1 atom stereocenters. The van der Waals surface area contributed by atoms with E-state index >= 15 is 0 Å². The number of fused-ring (bicyclic) bond motifs is 1. The molecule has 6 heteroatoms. The lowest BCUT2D eigenvalue weighted by Gasteiger charge is -2.16. The van der Waals surface area contributed by atoms with Crippen molar-refractivity contribution in [1.29, 1.82) is 0 Å². The van der Waals surface area contributed by atoms with Crippen LogP contribution in [0.3, 0.4) is 0 Å². The van der Waals surface area contributed by atoms with Crippen LogP contribution in [0.15, 0.2) is 42.5 Å². The number of carboxylic acids is 1. The van der Waals surface area contributed by atoms with Crippen molar-refractivity contribution in [1.82, 2.24) is 15.1 Å². The van der Waals surface area contributed by atoms with Crippen molar-refractivity contribution in [2.45, 2.75) is 26.3 Å². The van der Waals surface area contributed by atoms with E-state index in [0.717, 1.165) is 27.7 Å². The Kier molecular flexibility index (Phi) is 4.75.